The molecule has 0 fully saturated rings. The van der Waals surface area contributed by atoms with Crippen LogP contribution < -0.4 is 0 Å². The highest BCUT2D eigenvalue weighted by Crippen LogP contribution is 1.96. The van der Waals surface area contributed by atoms with Crippen LogP contribution in [0.5, 0.6) is 0 Å². The molecule has 0 heterocycles. The lowest BCUT2D eigenvalue weighted by atomic mass is 10.9. The van der Waals surface area contributed by atoms with Gasteiger partial charge >= 0.3 is 5.30 Å². The highest BCUT2D eigenvalue weighted by Gasteiger charge is 2.15. The van der Waals surface area contributed by atoms with Gasteiger partial charge in [0, 0.05) is 5.75 Å². The van der Waals surface area contributed by atoms with Crippen LogP contribution in [0.15, 0.2) is 0 Å². The lowest BCUT2D eigenvalue weighted by molar-refractivity contribution is 0.179. The normalized spacial score (nSPS) is 15.8. The van der Waals surface area contributed by atoms with E-state index in [1.807, 2.05) is 0 Å². The van der Waals surface area contributed by atoms with Crippen LogP contribution >= 0.6 is 0 Å². The average molecular weight is 165 g/mol. The van der Waals surface area contributed by atoms with E-state index in [9.17, 15) is 9.00 Å². The second-order valence-electron chi connectivity index (χ2n) is 1.65. The maximum absolute atomic E-state index is 10.8. The van der Waals surface area contributed by atoms with Gasteiger partial charge in [-0.3, -0.25) is 0 Å². The van der Waals surface area contributed by atoms with Gasteiger partial charge in [-0.25, -0.2) is 13.8 Å². The van der Waals surface area contributed by atoms with E-state index in [0.29, 0.717) is 0 Å². The predicted octanol–water partition coefficient (Wildman–Crippen LogP) is 1.21. The first-order chi connectivity index (χ1) is 4.54. The highest BCUT2D eigenvalue weighted by atomic mass is 32.2. The van der Waals surface area contributed by atoms with Crippen molar-refractivity contribution >= 4 is 15.0 Å². The molecule has 0 bridgehead atoms. The summed E-state index contributed by atoms with van der Waals surface area (Å²) in [5.74, 6) is 0.0197. The molecule has 5 heteroatoms. The van der Waals surface area contributed by atoms with E-state index >= 15 is 0 Å². The Hall–Kier alpha value is -0.580. The van der Waals surface area contributed by atoms with Crippen molar-refractivity contribution in [3.63, 3.8) is 0 Å². The van der Waals surface area contributed by atoms with Crippen molar-refractivity contribution in [1.29, 1.82) is 4.78 Å². The van der Waals surface area contributed by atoms with E-state index in [1.165, 1.54) is 6.92 Å². The van der Waals surface area contributed by atoms with Crippen LogP contribution in [0.4, 0.5) is 4.79 Å². The Kier molecular flexibility index (Phi) is 3.35. The number of carbonyl (C=O) groups excluding carboxylic acids is 1. The Morgan fingerprint density at radius 3 is 2.40 bits per heavy atom. The quantitative estimate of drug-likeness (QED) is 0.625. The molecule has 1 unspecified atom stereocenters. The van der Waals surface area contributed by atoms with E-state index in [0.717, 1.165) is 0 Å². The Labute approximate surface area is 60.5 Å². The van der Waals surface area contributed by atoms with Crippen LogP contribution in [0.25, 0.3) is 0 Å². The van der Waals surface area contributed by atoms with Crippen molar-refractivity contribution < 1.29 is 13.7 Å². The molecule has 4 nitrogen and oxygen atoms in total. The maximum Gasteiger partial charge on any atom is 0.405 e. The molecule has 1 atom stereocenters. The van der Waals surface area contributed by atoms with Gasteiger partial charge in [-0.2, -0.15) is 0 Å². The standard InChI is InChI=1S/C5H11NO3S/c1-3-9-5(7)10(6,8)4-2/h6H,3-4H2,1-2H3. The minimum absolute atomic E-state index is 0.0197. The molecule has 0 saturated heterocycles. The summed E-state index contributed by atoms with van der Waals surface area (Å²) in [6, 6.07) is 0. The fourth-order valence-corrected chi connectivity index (χ4v) is 0.875. The summed E-state index contributed by atoms with van der Waals surface area (Å²) < 4.78 is 22.2. The first-order valence-electron chi connectivity index (χ1n) is 2.97. The van der Waals surface area contributed by atoms with E-state index < -0.39 is 15.0 Å². The van der Waals surface area contributed by atoms with Crippen LogP contribution in [0.1, 0.15) is 13.8 Å². The topological polar surface area (TPSA) is 67.2 Å². The summed E-state index contributed by atoms with van der Waals surface area (Å²) in [4.78, 5) is 10.6. The van der Waals surface area contributed by atoms with Gasteiger partial charge < -0.3 is 4.74 Å². The fourth-order valence-electron chi connectivity index (χ4n) is 0.331. The molecule has 0 aromatic rings. The van der Waals surface area contributed by atoms with Gasteiger partial charge in [-0.1, -0.05) is 6.92 Å². The zero-order valence-electron chi connectivity index (χ0n) is 6.05. The third kappa shape index (κ3) is 2.34. The van der Waals surface area contributed by atoms with Crippen molar-refractivity contribution in [3.8, 4) is 0 Å². The third-order valence-electron chi connectivity index (χ3n) is 0.938. The molecule has 0 radical (unpaired) electrons. The molecule has 0 aliphatic rings. The van der Waals surface area contributed by atoms with Crippen molar-refractivity contribution in [1.82, 2.24) is 0 Å². The molecule has 0 aromatic carbocycles. The maximum atomic E-state index is 10.8. The first kappa shape index (κ1) is 9.42. The molecule has 0 saturated carbocycles. The smallest absolute Gasteiger partial charge is 0.405 e. The highest BCUT2D eigenvalue weighted by molar-refractivity contribution is 8.06. The zero-order chi connectivity index (χ0) is 8.20. The molecular formula is C5H11NO3S. The first-order valence-corrected chi connectivity index (χ1v) is 4.70. The van der Waals surface area contributed by atoms with Crippen LogP contribution in [-0.2, 0) is 14.5 Å². The summed E-state index contributed by atoms with van der Waals surface area (Å²) >= 11 is 0. The molecule has 60 valence electrons. The van der Waals surface area contributed by atoms with Gasteiger partial charge in [-0.05, 0) is 6.92 Å². The minimum Gasteiger partial charge on any atom is -0.456 e. The third-order valence-corrected chi connectivity index (χ3v) is 2.41. The van der Waals surface area contributed by atoms with Crippen molar-refractivity contribution in [2.24, 2.45) is 0 Å². The second kappa shape index (κ2) is 3.55. The number of hydrogen-bond acceptors (Lipinski definition) is 4. The van der Waals surface area contributed by atoms with E-state index in [4.69, 9.17) is 4.78 Å². The average Bonchev–Trinajstić information content (AvgIpc) is 1.89. The molecule has 0 aliphatic heterocycles. The molecule has 10 heavy (non-hydrogen) atoms. The second-order valence-corrected chi connectivity index (χ2v) is 3.91. The van der Waals surface area contributed by atoms with Gasteiger partial charge in [0.2, 0.25) is 0 Å². The molecule has 0 aliphatic carbocycles. The molecule has 0 spiro atoms. The van der Waals surface area contributed by atoms with E-state index in [1.54, 1.807) is 6.92 Å². The SMILES string of the molecule is CCOC(=O)S(=N)(=O)CC. The summed E-state index contributed by atoms with van der Waals surface area (Å²) in [5, 5.41) is -0.905. The lowest BCUT2D eigenvalue weighted by Gasteiger charge is -2.01. The van der Waals surface area contributed by atoms with Gasteiger partial charge in [0.15, 0.2) is 0 Å². The minimum atomic E-state index is -3.12. The summed E-state index contributed by atoms with van der Waals surface area (Å²) in [6.45, 7) is 3.31. The van der Waals surface area contributed by atoms with Crippen LogP contribution in [0.2, 0.25) is 0 Å². The molecule has 0 amide bonds. The zero-order valence-corrected chi connectivity index (χ0v) is 6.86. The predicted molar refractivity (Wildman–Crippen MR) is 38.4 cm³/mol. The number of hydrogen-bond donors (Lipinski definition) is 1. The van der Waals surface area contributed by atoms with Crippen LogP contribution in [-0.4, -0.2) is 21.9 Å². The van der Waals surface area contributed by atoms with Crippen LogP contribution in [0, 0.1) is 4.78 Å². The van der Waals surface area contributed by atoms with Gasteiger partial charge in [0.25, 0.3) is 0 Å². The summed E-state index contributed by atoms with van der Waals surface area (Å²) in [6.07, 6.45) is 0. The largest absolute Gasteiger partial charge is 0.456 e. The van der Waals surface area contributed by atoms with Gasteiger partial charge in [0.1, 0.15) is 9.73 Å². The Morgan fingerprint density at radius 1 is 1.60 bits per heavy atom. The van der Waals surface area contributed by atoms with Crippen molar-refractivity contribution in [2.75, 3.05) is 12.4 Å². The molecule has 1 N–H and O–H groups in total. The van der Waals surface area contributed by atoms with E-state index in [2.05, 4.69) is 4.74 Å². The molecule has 0 aromatic heterocycles. The summed E-state index contributed by atoms with van der Waals surface area (Å²) in [7, 11) is -3.12. The Balaban J connectivity index is 4.21. The molecule has 0 rings (SSSR count). The number of nitrogens with one attached hydrogen (secondary N) is 1. The van der Waals surface area contributed by atoms with Crippen molar-refractivity contribution in [2.45, 2.75) is 13.8 Å². The summed E-state index contributed by atoms with van der Waals surface area (Å²) in [5.41, 5.74) is 0. The fraction of sp³-hybridized carbons (Fsp3) is 0.800. The molecular weight excluding hydrogens is 154 g/mol. The number of ether oxygens (including phenoxy) is 1. The van der Waals surface area contributed by atoms with E-state index in [-0.39, 0.29) is 12.4 Å². The Morgan fingerprint density at radius 2 is 2.10 bits per heavy atom. The Bertz CT molecular complexity index is 207. The van der Waals surface area contributed by atoms with Crippen molar-refractivity contribution in [3.05, 3.63) is 0 Å². The number of carbonyl (C=O) groups is 1. The van der Waals surface area contributed by atoms with Gasteiger partial charge in [-0.15, -0.1) is 0 Å². The lowest BCUT2D eigenvalue weighted by Crippen LogP contribution is -2.16. The number of rotatable bonds is 2. The van der Waals surface area contributed by atoms with Gasteiger partial charge in [0.05, 0.1) is 6.61 Å². The monoisotopic (exact) mass is 165 g/mol. The van der Waals surface area contributed by atoms with Crippen LogP contribution in [0.3, 0.4) is 0 Å².